The molecule has 3 heterocycles. The summed E-state index contributed by atoms with van der Waals surface area (Å²) in [6.07, 6.45) is 3.55. The smallest absolute Gasteiger partial charge is 0.326 e. The van der Waals surface area contributed by atoms with Gasteiger partial charge in [0.15, 0.2) is 11.4 Å². The summed E-state index contributed by atoms with van der Waals surface area (Å²) in [4.78, 5) is 31.6. The van der Waals surface area contributed by atoms with Crippen LogP contribution in [0.15, 0.2) is 71.6 Å². The Bertz CT molecular complexity index is 1700. The molecule has 194 valence electrons. The SMILES string of the molecule is Cc1nc2c(OCc3c(Cl)ccc(N(C)C(=O)CNC(=O)n4ccc5ccccc54)c3Cl)cccn2c1Br. The quantitative estimate of drug-likeness (QED) is 0.238. The molecule has 0 bridgehead atoms. The van der Waals surface area contributed by atoms with Gasteiger partial charge in [-0.2, -0.15) is 0 Å². The van der Waals surface area contributed by atoms with Gasteiger partial charge in [0.2, 0.25) is 5.91 Å². The summed E-state index contributed by atoms with van der Waals surface area (Å²) < 4.78 is 10.2. The van der Waals surface area contributed by atoms with Gasteiger partial charge >= 0.3 is 6.03 Å². The molecule has 2 aromatic carbocycles. The standard InChI is InChI=1S/C27H22BrCl2N5O3/c1-16-25(28)35-12-5-8-22(26(35)32-16)38-15-18-19(29)9-10-21(24(18)30)33(2)23(36)14-31-27(37)34-13-11-17-6-3-4-7-20(17)34/h3-13H,14-15H2,1-2H3,(H,31,37). The van der Waals surface area contributed by atoms with Crippen LogP contribution in [0.3, 0.4) is 0 Å². The molecule has 0 spiro atoms. The highest BCUT2D eigenvalue weighted by Gasteiger charge is 2.20. The average Bonchev–Trinajstić information content (AvgIpc) is 3.48. The number of likely N-dealkylation sites (N-methyl/N-ethyl adjacent to an activating group) is 1. The molecule has 2 amide bonds. The molecule has 8 nitrogen and oxygen atoms in total. The maximum atomic E-state index is 13.0. The molecule has 0 saturated heterocycles. The number of para-hydroxylation sites is 1. The van der Waals surface area contributed by atoms with E-state index in [9.17, 15) is 9.59 Å². The molecular weight excluding hydrogens is 593 g/mol. The number of anilines is 1. The van der Waals surface area contributed by atoms with Crippen LogP contribution in [0.1, 0.15) is 11.3 Å². The van der Waals surface area contributed by atoms with Crippen LogP contribution in [-0.2, 0) is 11.4 Å². The second-order valence-corrected chi connectivity index (χ2v) is 10.1. The van der Waals surface area contributed by atoms with Gasteiger partial charge < -0.3 is 15.0 Å². The first kappa shape index (κ1) is 26.1. The number of carbonyl (C=O) groups excluding carboxylic acids is 2. The van der Waals surface area contributed by atoms with Gasteiger partial charge in [-0.05, 0) is 59.3 Å². The van der Waals surface area contributed by atoms with Gasteiger partial charge in [0.05, 0.1) is 28.5 Å². The predicted molar refractivity (Wildman–Crippen MR) is 153 cm³/mol. The highest BCUT2D eigenvalue weighted by atomic mass is 79.9. The third-order valence-corrected chi connectivity index (χ3v) is 7.93. The maximum Gasteiger partial charge on any atom is 0.326 e. The minimum Gasteiger partial charge on any atom is -0.485 e. The number of hydrogen-bond acceptors (Lipinski definition) is 4. The van der Waals surface area contributed by atoms with Gasteiger partial charge in [0, 0.05) is 35.4 Å². The summed E-state index contributed by atoms with van der Waals surface area (Å²) in [5.74, 6) is 0.205. The zero-order chi connectivity index (χ0) is 27.0. The third kappa shape index (κ3) is 4.84. The Balaban J connectivity index is 1.30. The lowest BCUT2D eigenvalue weighted by atomic mass is 10.2. The summed E-state index contributed by atoms with van der Waals surface area (Å²) in [6, 6.07) is 15.9. The molecule has 1 N–H and O–H groups in total. The van der Waals surface area contributed by atoms with E-state index in [0.29, 0.717) is 27.7 Å². The normalized spacial score (nSPS) is 11.2. The Hall–Kier alpha value is -3.53. The van der Waals surface area contributed by atoms with Gasteiger partial charge in [-0.1, -0.05) is 41.4 Å². The Morgan fingerprint density at radius 2 is 1.87 bits per heavy atom. The average molecular weight is 615 g/mol. The molecule has 5 aromatic rings. The van der Waals surface area contributed by atoms with Crippen molar-refractivity contribution in [3.8, 4) is 5.75 Å². The fourth-order valence-corrected chi connectivity index (χ4v) is 5.10. The molecule has 11 heteroatoms. The Morgan fingerprint density at radius 1 is 1.08 bits per heavy atom. The summed E-state index contributed by atoms with van der Waals surface area (Å²) in [6.45, 7) is 1.74. The van der Waals surface area contributed by atoms with E-state index in [0.717, 1.165) is 21.2 Å². The zero-order valence-electron chi connectivity index (χ0n) is 20.4. The number of imidazole rings is 1. The van der Waals surface area contributed by atoms with Crippen molar-refractivity contribution in [2.24, 2.45) is 0 Å². The van der Waals surface area contributed by atoms with Gasteiger partial charge in [-0.25, -0.2) is 9.78 Å². The van der Waals surface area contributed by atoms with Gasteiger partial charge in [0.1, 0.15) is 11.2 Å². The molecule has 0 aliphatic rings. The molecule has 3 aromatic heterocycles. The molecule has 0 aliphatic carbocycles. The molecule has 38 heavy (non-hydrogen) atoms. The van der Waals surface area contributed by atoms with E-state index in [2.05, 4.69) is 26.2 Å². The number of halogens is 3. The van der Waals surface area contributed by atoms with Crippen molar-refractivity contribution in [3.63, 3.8) is 0 Å². The zero-order valence-corrected chi connectivity index (χ0v) is 23.5. The third-order valence-electron chi connectivity index (χ3n) is 6.20. The first-order valence-electron chi connectivity index (χ1n) is 11.6. The van der Waals surface area contributed by atoms with E-state index in [4.69, 9.17) is 27.9 Å². The summed E-state index contributed by atoms with van der Waals surface area (Å²) >= 11 is 16.7. The molecule has 0 saturated carbocycles. The maximum absolute atomic E-state index is 13.0. The van der Waals surface area contributed by atoms with Crippen molar-refractivity contribution in [3.05, 3.63) is 92.9 Å². The van der Waals surface area contributed by atoms with Crippen molar-refractivity contribution in [2.45, 2.75) is 13.5 Å². The van der Waals surface area contributed by atoms with Gasteiger partial charge in [0.25, 0.3) is 0 Å². The molecule has 0 radical (unpaired) electrons. The van der Waals surface area contributed by atoms with Crippen molar-refractivity contribution in [2.75, 3.05) is 18.5 Å². The van der Waals surface area contributed by atoms with Gasteiger partial charge in [-0.15, -0.1) is 0 Å². The second-order valence-electron chi connectivity index (χ2n) is 8.56. The number of nitrogens with zero attached hydrogens (tertiary/aromatic N) is 4. The topological polar surface area (TPSA) is 80.9 Å². The first-order valence-corrected chi connectivity index (χ1v) is 13.1. The van der Waals surface area contributed by atoms with Crippen LogP contribution in [0.4, 0.5) is 10.5 Å². The van der Waals surface area contributed by atoms with Crippen LogP contribution in [-0.4, -0.2) is 39.5 Å². The number of carbonyl (C=O) groups is 2. The summed E-state index contributed by atoms with van der Waals surface area (Å²) in [7, 11) is 1.59. The van der Waals surface area contributed by atoms with E-state index < -0.39 is 6.03 Å². The van der Waals surface area contributed by atoms with E-state index in [1.54, 1.807) is 25.4 Å². The predicted octanol–water partition coefficient (Wildman–Crippen LogP) is 6.47. The lowest BCUT2D eigenvalue weighted by Gasteiger charge is -2.21. The fraction of sp³-hybridized carbons (Fsp3) is 0.148. The molecule has 0 fully saturated rings. The number of pyridine rings is 1. The largest absolute Gasteiger partial charge is 0.485 e. The fourth-order valence-electron chi connectivity index (χ4n) is 4.12. The number of fused-ring (bicyclic) bond motifs is 2. The number of rotatable bonds is 6. The molecule has 5 rings (SSSR count). The Labute approximate surface area is 236 Å². The number of nitrogens with one attached hydrogen (secondary N) is 1. The number of amides is 2. The van der Waals surface area contributed by atoms with E-state index in [1.165, 1.54) is 9.47 Å². The number of ether oxygens (including phenoxy) is 1. The highest BCUT2D eigenvalue weighted by Crippen LogP contribution is 2.35. The van der Waals surface area contributed by atoms with E-state index in [1.807, 2.05) is 60.0 Å². The van der Waals surface area contributed by atoms with Gasteiger partial charge in [-0.3, -0.25) is 13.8 Å². The van der Waals surface area contributed by atoms with Crippen LogP contribution in [0, 0.1) is 6.92 Å². The summed E-state index contributed by atoms with van der Waals surface area (Å²) in [5, 5.41) is 4.28. The van der Waals surface area contributed by atoms with Crippen molar-refractivity contribution >= 4 is 73.3 Å². The minimum absolute atomic E-state index is 0.0637. The monoisotopic (exact) mass is 613 g/mol. The van der Waals surface area contributed by atoms with Crippen LogP contribution in [0.25, 0.3) is 16.6 Å². The van der Waals surface area contributed by atoms with Crippen molar-refractivity contribution < 1.29 is 14.3 Å². The molecule has 0 aliphatic heterocycles. The van der Waals surface area contributed by atoms with Crippen LogP contribution in [0.2, 0.25) is 10.0 Å². The Morgan fingerprint density at radius 3 is 2.68 bits per heavy atom. The van der Waals surface area contributed by atoms with Crippen molar-refractivity contribution in [1.82, 2.24) is 19.3 Å². The van der Waals surface area contributed by atoms with Crippen LogP contribution < -0.4 is 15.0 Å². The van der Waals surface area contributed by atoms with E-state index in [-0.39, 0.29) is 24.1 Å². The molecule has 0 unspecified atom stereocenters. The minimum atomic E-state index is -0.403. The lowest BCUT2D eigenvalue weighted by Crippen LogP contribution is -2.39. The second kappa shape index (κ2) is 10.7. The molecular formula is C27H22BrCl2N5O3. The highest BCUT2D eigenvalue weighted by molar-refractivity contribution is 9.10. The van der Waals surface area contributed by atoms with Crippen molar-refractivity contribution in [1.29, 1.82) is 0 Å². The number of hydrogen-bond donors (Lipinski definition) is 1. The number of aryl methyl sites for hydroxylation is 1. The first-order chi connectivity index (χ1) is 18.3. The number of benzene rings is 2. The van der Waals surface area contributed by atoms with Crippen LogP contribution in [0.5, 0.6) is 5.75 Å². The number of aromatic nitrogens is 3. The Kier molecular flexibility index (Phi) is 7.34. The van der Waals surface area contributed by atoms with Crippen LogP contribution >= 0.6 is 39.1 Å². The lowest BCUT2D eigenvalue weighted by molar-refractivity contribution is -0.117. The molecule has 0 atom stereocenters. The van der Waals surface area contributed by atoms with E-state index >= 15 is 0 Å². The summed E-state index contributed by atoms with van der Waals surface area (Å²) in [5.41, 5.74) is 3.20.